The van der Waals surface area contributed by atoms with E-state index in [1.165, 1.54) is 12.8 Å². The zero-order valence-electron chi connectivity index (χ0n) is 12.9. The summed E-state index contributed by atoms with van der Waals surface area (Å²) >= 11 is 0. The summed E-state index contributed by atoms with van der Waals surface area (Å²) in [4.78, 5) is 11.7. The van der Waals surface area contributed by atoms with Crippen molar-refractivity contribution in [3.8, 4) is 0 Å². The van der Waals surface area contributed by atoms with Gasteiger partial charge in [0, 0.05) is 37.5 Å². The van der Waals surface area contributed by atoms with E-state index in [-0.39, 0.29) is 0 Å². The maximum absolute atomic E-state index is 5.85. The van der Waals surface area contributed by atoms with Gasteiger partial charge in [-0.1, -0.05) is 6.92 Å². The summed E-state index contributed by atoms with van der Waals surface area (Å²) in [5, 5.41) is 0. The number of morpholine rings is 1. The lowest BCUT2D eigenvalue weighted by atomic mass is 10.0. The van der Waals surface area contributed by atoms with E-state index in [2.05, 4.69) is 22.9 Å². The van der Waals surface area contributed by atoms with E-state index in [4.69, 9.17) is 14.5 Å². The van der Waals surface area contributed by atoms with Gasteiger partial charge in [0.1, 0.15) is 0 Å². The quantitative estimate of drug-likeness (QED) is 0.849. The molecule has 0 N–H and O–H groups in total. The number of hydrogen-bond acceptors (Lipinski definition) is 5. The number of nitrogens with zero attached hydrogens (tertiary/aromatic N) is 3. The molecule has 0 aliphatic carbocycles. The van der Waals surface area contributed by atoms with Crippen molar-refractivity contribution in [1.29, 1.82) is 0 Å². The van der Waals surface area contributed by atoms with Gasteiger partial charge in [-0.05, 0) is 31.7 Å². The van der Waals surface area contributed by atoms with Gasteiger partial charge in [0.15, 0.2) is 0 Å². The Hall–Kier alpha value is -1.20. The van der Waals surface area contributed by atoms with Crippen molar-refractivity contribution in [3.63, 3.8) is 0 Å². The molecule has 1 aromatic heterocycles. The van der Waals surface area contributed by atoms with Gasteiger partial charge in [-0.2, -0.15) is 0 Å². The highest BCUT2D eigenvalue weighted by Crippen LogP contribution is 2.19. The van der Waals surface area contributed by atoms with Gasteiger partial charge >= 0.3 is 0 Å². The minimum Gasteiger partial charge on any atom is -0.378 e. The summed E-state index contributed by atoms with van der Waals surface area (Å²) < 4.78 is 11.3. The van der Waals surface area contributed by atoms with Crippen molar-refractivity contribution < 1.29 is 9.47 Å². The highest BCUT2D eigenvalue weighted by Gasteiger charge is 2.19. The molecule has 2 aliphatic heterocycles. The number of aromatic nitrogens is 2. The zero-order valence-corrected chi connectivity index (χ0v) is 12.9. The van der Waals surface area contributed by atoms with Crippen molar-refractivity contribution in [3.05, 3.63) is 17.5 Å². The van der Waals surface area contributed by atoms with Crippen LogP contribution in [0, 0.1) is 0 Å². The molecule has 2 aliphatic rings. The second-order valence-electron chi connectivity index (χ2n) is 5.80. The molecule has 0 spiro atoms. The topological polar surface area (TPSA) is 47.5 Å². The molecule has 0 amide bonds. The number of ether oxygens (including phenoxy) is 2. The van der Waals surface area contributed by atoms with E-state index in [9.17, 15) is 0 Å². The van der Waals surface area contributed by atoms with Crippen molar-refractivity contribution >= 4 is 5.95 Å². The van der Waals surface area contributed by atoms with Crippen LogP contribution < -0.4 is 4.90 Å². The van der Waals surface area contributed by atoms with E-state index in [1.807, 2.05) is 0 Å². The van der Waals surface area contributed by atoms with E-state index in [0.717, 1.165) is 69.5 Å². The Bertz CT molecular complexity index is 455. The molecule has 0 radical (unpaired) electrons. The first-order chi connectivity index (χ1) is 10.3. The van der Waals surface area contributed by atoms with E-state index in [0.29, 0.717) is 6.10 Å². The lowest BCUT2D eigenvalue weighted by molar-refractivity contribution is 0.0162. The van der Waals surface area contributed by atoms with Crippen molar-refractivity contribution in [2.45, 2.75) is 45.1 Å². The molecule has 116 valence electrons. The maximum Gasteiger partial charge on any atom is 0.225 e. The fourth-order valence-electron chi connectivity index (χ4n) is 2.93. The summed E-state index contributed by atoms with van der Waals surface area (Å²) in [5.41, 5.74) is 2.24. The predicted octanol–water partition coefficient (Wildman–Crippen LogP) is 1.99. The Kier molecular flexibility index (Phi) is 5.04. The lowest BCUT2D eigenvalue weighted by Crippen LogP contribution is -2.37. The Morgan fingerprint density at radius 1 is 1.14 bits per heavy atom. The minimum absolute atomic E-state index is 0.330. The first kappa shape index (κ1) is 14.7. The van der Waals surface area contributed by atoms with Crippen LogP contribution in [0.4, 0.5) is 5.95 Å². The monoisotopic (exact) mass is 291 g/mol. The molecule has 3 heterocycles. The van der Waals surface area contributed by atoms with Crippen molar-refractivity contribution in [2.75, 3.05) is 37.8 Å². The molecule has 5 nitrogen and oxygen atoms in total. The molecule has 3 rings (SSSR count). The van der Waals surface area contributed by atoms with Gasteiger partial charge in [0.2, 0.25) is 5.95 Å². The predicted molar refractivity (Wildman–Crippen MR) is 81.7 cm³/mol. The molecule has 1 aromatic rings. The zero-order chi connectivity index (χ0) is 14.5. The summed E-state index contributed by atoms with van der Waals surface area (Å²) in [6, 6.07) is 2.14. The van der Waals surface area contributed by atoms with Crippen LogP contribution in [-0.4, -0.2) is 49.0 Å². The normalized spacial score (nSPS) is 23.3. The first-order valence-electron chi connectivity index (χ1n) is 8.16. The van der Waals surface area contributed by atoms with Crippen LogP contribution in [0.2, 0.25) is 0 Å². The lowest BCUT2D eigenvalue weighted by Gasteiger charge is -2.28. The van der Waals surface area contributed by atoms with Gasteiger partial charge in [-0.25, -0.2) is 9.97 Å². The van der Waals surface area contributed by atoms with Gasteiger partial charge in [0.05, 0.1) is 19.3 Å². The molecule has 0 bridgehead atoms. The highest BCUT2D eigenvalue weighted by molar-refractivity contribution is 5.33. The van der Waals surface area contributed by atoms with Crippen LogP contribution in [0.3, 0.4) is 0 Å². The summed E-state index contributed by atoms with van der Waals surface area (Å²) in [6.07, 6.45) is 5.80. The number of anilines is 1. The van der Waals surface area contributed by atoms with Crippen LogP contribution >= 0.6 is 0 Å². The molecule has 21 heavy (non-hydrogen) atoms. The van der Waals surface area contributed by atoms with Crippen molar-refractivity contribution in [2.24, 2.45) is 0 Å². The second kappa shape index (κ2) is 7.18. The Balaban J connectivity index is 1.75. The van der Waals surface area contributed by atoms with Crippen molar-refractivity contribution in [1.82, 2.24) is 9.97 Å². The number of hydrogen-bond donors (Lipinski definition) is 0. The molecule has 0 aromatic carbocycles. The average Bonchev–Trinajstić information content (AvgIpc) is 2.56. The smallest absolute Gasteiger partial charge is 0.225 e. The molecular weight excluding hydrogens is 266 g/mol. The number of aryl methyl sites for hydroxylation is 1. The van der Waals surface area contributed by atoms with Gasteiger partial charge in [-0.3, -0.25) is 0 Å². The van der Waals surface area contributed by atoms with Gasteiger partial charge in [0.25, 0.3) is 0 Å². The molecule has 2 fully saturated rings. The van der Waals surface area contributed by atoms with Gasteiger partial charge < -0.3 is 14.4 Å². The average molecular weight is 291 g/mol. The standard InChI is InChI=1S/C16H25N3O2/c1-2-13-11-14(12-15-5-3-4-8-21-15)18-16(17-13)19-6-9-20-10-7-19/h11,15H,2-10,12H2,1H3. The molecule has 1 unspecified atom stereocenters. The second-order valence-corrected chi connectivity index (χ2v) is 5.80. The highest BCUT2D eigenvalue weighted by atomic mass is 16.5. The third kappa shape index (κ3) is 3.92. The van der Waals surface area contributed by atoms with Gasteiger partial charge in [-0.15, -0.1) is 0 Å². The SMILES string of the molecule is CCc1cc(CC2CCCCO2)nc(N2CCOCC2)n1. The third-order valence-electron chi connectivity index (χ3n) is 4.19. The van der Waals surface area contributed by atoms with Crippen LogP contribution in [-0.2, 0) is 22.3 Å². The Labute approximate surface area is 126 Å². The van der Waals surface area contributed by atoms with Crippen LogP contribution in [0.1, 0.15) is 37.6 Å². The summed E-state index contributed by atoms with van der Waals surface area (Å²) in [6.45, 7) is 6.33. The molecule has 1 atom stereocenters. The molecule has 5 heteroatoms. The first-order valence-corrected chi connectivity index (χ1v) is 8.16. The molecule has 0 saturated carbocycles. The van der Waals surface area contributed by atoms with E-state index >= 15 is 0 Å². The fraction of sp³-hybridized carbons (Fsp3) is 0.750. The van der Waals surface area contributed by atoms with E-state index < -0.39 is 0 Å². The molecular formula is C16H25N3O2. The van der Waals surface area contributed by atoms with Crippen LogP contribution in [0.5, 0.6) is 0 Å². The summed E-state index contributed by atoms with van der Waals surface area (Å²) in [5.74, 6) is 0.864. The fourth-order valence-corrected chi connectivity index (χ4v) is 2.93. The Morgan fingerprint density at radius 3 is 2.67 bits per heavy atom. The third-order valence-corrected chi connectivity index (χ3v) is 4.19. The minimum atomic E-state index is 0.330. The van der Waals surface area contributed by atoms with Crippen LogP contribution in [0.15, 0.2) is 6.07 Å². The summed E-state index contributed by atoms with van der Waals surface area (Å²) in [7, 11) is 0. The molecule has 2 saturated heterocycles. The maximum atomic E-state index is 5.85. The number of rotatable bonds is 4. The van der Waals surface area contributed by atoms with E-state index in [1.54, 1.807) is 0 Å². The largest absolute Gasteiger partial charge is 0.378 e. The van der Waals surface area contributed by atoms with Crippen LogP contribution in [0.25, 0.3) is 0 Å². The Morgan fingerprint density at radius 2 is 1.95 bits per heavy atom.